The number of nitrogens with one attached hydrogen (secondary N) is 1. The number of hydrogen-bond donors (Lipinski definition) is 1. The lowest BCUT2D eigenvalue weighted by atomic mass is 10.3. The highest BCUT2D eigenvalue weighted by atomic mass is 127. The van der Waals surface area contributed by atoms with Crippen LogP contribution >= 0.6 is 45.8 Å². The Labute approximate surface area is 135 Å². The predicted molar refractivity (Wildman–Crippen MR) is 86.4 cm³/mol. The molecule has 100 valence electrons. The summed E-state index contributed by atoms with van der Waals surface area (Å²) < 4.78 is 27.7. The molecule has 0 atom stereocenters. The van der Waals surface area contributed by atoms with Crippen LogP contribution in [0.2, 0.25) is 10.0 Å². The number of halogens is 3. The molecule has 0 unspecified atom stereocenters. The highest BCUT2D eigenvalue weighted by molar-refractivity contribution is 14.1. The summed E-state index contributed by atoms with van der Waals surface area (Å²) >= 11 is 13.7. The van der Waals surface area contributed by atoms with Crippen LogP contribution in [0.4, 0.5) is 5.69 Å². The maximum atomic E-state index is 12.2. The first kappa shape index (κ1) is 14.9. The van der Waals surface area contributed by atoms with E-state index in [4.69, 9.17) is 23.2 Å². The van der Waals surface area contributed by atoms with Crippen LogP contribution in [0.3, 0.4) is 0 Å². The fourth-order valence-corrected chi connectivity index (χ4v) is 3.57. The molecular weight excluding hydrogens is 420 g/mol. The summed E-state index contributed by atoms with van der Waals surface area (Å²) in [6.07, 6.45) is 0. The Bertz CT molecular complexity index is 719. The molecule has 1 N–H and O–H groups in total. The minimum atomic E-state index is -3.67. The molecule has 0 bridgehead atoms. The third kappa shape index (κ3) is 3.53. The largest absolute Gasteiger partial charge is 0.279 e. The Balaban J connectivity index is 2.38. The average Bonchev–Trinajstić information content (AvgIpc) is 2.35. The first-order valence-electron chi connectivity index (χ1n) is 5.12. The van der Waals surface area contributed by atoms with Gasteiger partial charge < -0.3 is 0 Å². The van der Waals surface area contributed by atoms with E-state index in [9.17, 15) is 8.42 Å². The van der Waals surface area contributed by atoms with Crippen molar-refractivity contribution in [1.29, 1.82) is 0 Å². The zero-order chi connectivity index (χ0) is 14.0. The topological polar surface area (TPSA) is 46.2 Å². The van der Waals surface area contributed by atoms with Crippen molar-refractivity contribution in [3.8, 4) is 0 Å². The second kappa shape index (κ2) is 5.87. The van der Waals surface area contributed by atoms with Crippen LogP contribution in [-0.2, 0) is 10.0 Å². The lowest BCUT2D eigenvalue weighted by molar-refractivity contribution is 0.601. The lowest BCUT2D eigenvalue weighted by Crippen LogP contribution is -2.13. The van der Waals surface area contributed by atoms with Gasteiger partial charge in [0.25, 0.3) is 10.0 Å². The molecule has 0 aromatic heterocycles. The molecule has 0 saturated heterocycles. The molecular formula is C12H8Cl2INO2S. The van der Waals surface area contributed by atoms with Crippen molar-refractivity contribution in [3.63, 3.8) is 0 Å². The van der Waals surface area contributed by atoms with Crippen LogP contribution in [0.1, 0.15) is 0 Å². The molecule has 2 aromatic rings. The van der Waals surface area contributed by atoms with Gasteiger partial charge in [0.1, 0.15) is 0 Å². The van der Waals surface area contributed by atoms with E-state index in [1.165, 1.54) is 18.2 Å². The summed E-state index contributed by atoms with van der Waals surface area (Å²) in [7, 11) is -3.67. The van der Waals surface area contributed by atoms with E-state index < -0.39 is 10.0 Å². The molecule has 3 nitrogen and oxygen atoms in total. The van der Waals surface area contributed by atoms with Crippen LogP contribution < -0.4 is 4.72 Å². The lowest BCUT2D eigenvalue weighted by Gasteiger charge is -2.10. The van der Waals surface area contributed by atoms with Gasteiger partial charge in [-0.1, -0.05) is 35.3 Å². The van der Waals surface area contributed by atoms with Crippen molar-refractivity contribution in [2.75, 3.05) is 4.72 Å². The van der Waals surface area contributed by atoms with Gasteiger partial charge in [-0.25, -0.2) is 8.42 Å². The summed E-state index contributed by atoms with van der Waals surface area (Å²) in [6, 6.07) is 11.3. The van der Waals surface area contributed by atoms with E-state index in [1.54, 1.807) is 12.1 Å². The molecule has 2 aromatic carbocycles. The maximum Gasteiger partial charge on any atom is 0.261 e. The summed E-state index contributed by atoms with van der Waals surface area (Å²) in [5.74, 6) is 0. The van der Waals surface area contributed by atoms with Crippen molar-refractivity contribution in [2.45, 2.75) is 4.90 Å². The van der Waals surface area contributed by atoms with Crippen molar-refractivity contribution >= 4 is 61.5 Å². The predicted octanol–water partition coefficient (Wildman–Crippen LogP) is 4.40. The second-order valence-electron chi connectivity index (χ2n) is 3.66. The van der Waals surface area contributed by atoms with Gasteiger partial charge >= 0.3 is 0 Å². The van der Waals surface area contributed by atoms with Crippen molar-refractivity contribution in [1.82, 2.24) is 0 Å². The fourth-order valence-electron chi connectivity index (χ4n) is 1.39. The van der Waals surface area contributed by atoms with Gasteiger partial charge in [-0.2, -0.15) is 0 Å². The standard InChI is InChI=1S/C12H8Cl2INO2S/c13-9-6-5-8(7-10(9)14)19(17,18)16-12-4-2-1-3-11(12)15/h1-7,16H. The number of anilines is 1. The van der Waals surface area contributed by atoms with Crippen molar-refractivity contribution < 1.29 is 8.42 Å². The number of benzene rings is 2. The monoisotopic (exact) mass is 427 g/mol. The molecule has 0 fully saturated rings. The van der Waals surface area contributed by atoms with Crippen LogP contribution in [0, 0.1) is 3.57 Å². The molecule has 0 saturated carbocycles. The first-order chi connectivity index (χ1) is 8.90. The Morgan fingerprint density at radius 1 is 1.00 bits per heavy atom. The number of rotatable bonds is 3. The summed E-state index contributed by atoms with van der Waals surface area (Å²) in [6.45, 7) is 0. The van der Waals surface area contributed by atoms with Crippen molar-refractivity contribution in [2.24, 2.45) is 0 Å². The quantitative estimate of drug-likeness (QED) is 0.738. The van der Waals surface area contributed by atoms with Crippen LogP contribution in [0.15, 0.2) is 47.4 Å². The zero-order valence-electron chi connectivity index (χ0n) is 9.40. The Morgan fingerprint density at radius 2 is 1.68 bits per heavy atom. The van der Waals surface area contributed by atoms with Gasteiger partial charge in [-0.05, 0) is 52.9 Å². The number of para-hydroxylation sites is 1. The molecule has 7 heteroatoms. The number of hydrogen-bond acceptors (Lipinski definition) is 2. The highest BCUT2D eigenvalue weighted by Gasteiger charge is 2.16. The molecule has 0 spiro atoms. The van der Waals surface area contributed by atoms with Crippen LogP contribution in [0.5, 0.6) is 0 Å². The van der Waals surface area contributed by atoms with E-state index >= 15 is 0 Å². The SMILES string of the molecule is O=S(=O)(Nc1ccccc1I)c1ccc(Cl)c(Cl)c1. The zero-order valence-corrected chi connectivity index (χ0v) is 13.9. The summed E-state index contributed by atoms with van der Waals surface area (Å²) in [4.78, 5) is 0.0709. The van der Waals surface area contributed by atoms with E-state index in [1.807, 2.05) is 12.1 Å². The van der Waals surface area contributed by atoms with Crippen LogP contribution in [0.25, 0.3) is 0 Å². The summed E-state index contributed by atoms with van der Waals surface area (Å²) in [5.41, 5.74) is 0.522. The minimum absolute atomic E-state index is 0.0709. The third-order valence-corrected chi connectivity index (χ3v) is 5.36. The Morgan fingerprint density at radius 3 is 2.32 bits per heavy atom. The second-order valence-corrected chi connectivity index (χ2v) is 7.32. The van der Waals surface area contributed by atoms with Crippen molar-refractivity contribution in [3.05, 3.63) is 56.1 Å². The van der Waals surface area contributed by atoms with Gasteiger partial charge in [0.15, 0.2) is 0 Å². The smallest absolute Gasteiger partial charge is 0.261 e. The highest BCUT2D eigenvalue weighted by Crippen LogP contribution is 2.27. The Kier molecular flexibility index (Phi) is 4.60. The molecule has 0 aliphatic heterocycles. The molecule has 0 radical (unpaired) electrons. The maximum absolute atomic E-state index is 12.2. The van der Waals surface area contributed by atoms with E-state index in [2.05, 4.69) is 27.3 Å². The summed E-state index contributed by atoms with van der Waals surface area (Å²) in [5, 5.41) is 0.516. The third-order valence-electron chi connectivity index (χ3n) is 2.32. The molecule has 2 rings (SSSR count). The molecule has 0 aliphatic rings. The molecule has 0 aliphatic carbocycles. The van der Waals surface area contributed by atoms with Crippen LogP contribution in [-0.4, -0.2) is 8.42 Å². The normalized spacial score (nSPS) is 11.3. The van der Waals surface area contributed by atoms with Gasteiger partial charge in [0.05, 0.1) is 20.6 Å². The van der Waals surface area contributed by atoms with E-state index in [0.717, 1.165) is 3.57 Å². The fraction of sp³-hybridized carbons (Fsp3) is 0. The van der Waals surface area contributed by atoms with Gasteiger partial charge in [-0.3, -0.25) is 4.72 Å². The van der Waals surface area contributed by atoms with Gasteiger partial charge in [0, 0.05) is 3.57 Å². The van der Waals surface area contributed by atoms with Gasteiger partial charge in [0.2, 0.25) is 0 Å². The minimum Gasteiger partial charge on any atom is -0.279 e. The molecule has 19 heavy (non-hydrogen) atoms. The van der Waals surface area contributed by atoms with E-state index in [-0.39, 0.29) is 9.92 Å². The van der Waals surface area contributed by atoms with Gasteiger partial charge in [-0.15, -0.1) is 0 Å². The average molecular weight is 428 g/mol. The Hall–Kier alpha value is -0.500. The molecule has 0 heterocycles. The number of sulfonamides is 1. The van der Waals surface area contributed by atoms with E-state index in [0.29, 0.717) is 10.7 Å². The first-order valence-corrected chi connectivity index (χ1v) is 8.44. The molecule has 0 amide bonds.